The van der Waals surface area contributed by atoms with Crippen LogP contribution in [0.4, 0.5) is 0 Å². The lowest BCUT2D eigenvalue weighted by atomic mass is 9.82. The van der Waals surface area contributed by atoms with Crippen LogP contribution in [0, 0.1) is 17.8 Å². The minimum atomic E-state index is -0.624. The van der Waals surface area contributed by atoms with Gasteiger partial charge in [-0.3, -0.25) is 4.79 Å². The number of nitrogens with zero attached hydrogens (tertiary/aromatic N) is 1. The first kappa shape index (κ1) is 12.5. The van der Waals surface area contributed by atoms with Gasteiger partial charge >= 0.3 is 5.97 Å². The van der Waals surface area contributed by atoms with Crippen molar-refractivity contribution in [1.82, 2.24) is 4.90 Å². The van der Waals surface area contributed by atoms with Crippen LogP contribution in [0.5, 0.6) is 0 Å². The maximum absolute atomic E-state index is 10.8. The number of carboxylic acids is 1. The maximum atomic E-state index is 10.8. The Hall–Kier alpha value is -0.570. The molecule has 2 saturated carbocycles. The molecule has 18 heavy (non-hydrogen) atoms. The molecule has 3 nitrogen and oxygen atoms in total. The van der Waals surface area contributed by atoms with Crippen LogP contribution in [-0.2, 0) is 4.79 Å². The summed E-state index contributed by atoms with van der Waals surface area (Å²) in [6, 6.07) is 0.767. The van der Waals surface area contributed by atoms with Gasteiger partial charge in [0, 0.05) is 19.0 Å². The van der Waals surface area contributed by atoms with E-state index in [1.54, 1.807) is 0 Å². The zero-order valence-electron chi connectivity index (χ0n) is 11.2. The molecule has 1 aliphatic heterocycles. The van der Waals surface area contributed by atoms with Gasteiger partial charge in [-0.25, -0.2) is 0 Å². The molecule has 1 saturated heterocycles. The van der Waals surface area contributed by atoms with Gasteiger partial charge in [0.1, 0.15) is 0 Å². The highest BCUT2D eigenvalue weighted by Gasteiger charge is 2.38. The van der Waals surface area contributed by atoms with Gasteiger partial charge in [0.25, 0.3) is 0 Å². The minimum absolute atomic E-state index is 0.370. The van der Waals surface area contributed by atoms with Crippen LogP contribution in [0.3, 0.4) is 0 Å². The highest BCUT2D eigenvalue weighted by molar-refractivity contribution is 5.67. The van der Waals surface area contributed by atoms with Crippen LogP contribution in [0.1, 0.15) is 51.4 Å². The molecule has 1 N–H and O–H groups in total. The van der Waals surface area contributed by atoms with Gasteiger partial charge in [-0.15, -0.1) is 0 Å². The third-order valence-corrected chi connectivity index (χ3v) is 5.27. The van der Waals surface area contributed by atoms with Gasteiger partial charge < -0.3 is 10.0 Å². The Morgan fingerprint density at radius 1 is 1.11 bits per heavy atom. The van der Waals surface area contributed by atoms with E-state index in [2.05, 4.69) is 4.90 Å². The molecule has 0 amide bonds. The summed E-state index contributed by atoms with van der Waals surface area (Å²) in [5.41, 5.74) is 0. The van der Waals surface area contributed by atoms with Crippen molar-refractivity contribution in [3.05, 3.63) is 0 Å². The molecular formula is C15H25NO2. The fourth-order valence-corrected chi connectivity index (χ4v) is 4.14. The molecule has 2 aliphatic carbocycles. The number of aliphatic carboxylic acids is 1. The van der Waals surface area contributed by atoms with Crippen LogP contribution in [0.25, 0.3) is 0 Å². The summed E-state index contributed by atoms with van der Waals surface area (Å²) in [5.74, 6) is 1.82. The second kappa shape index (κ2) is 5.20. The molecule has 0 aromatic heterocycles. The van der Waals surface area contributed by atoms with E-state index in [0.29, 0.717) is 12.3 Å². The molecule has 0 aromatic carbocycles. The lowest BCUT2D eigenvalue weighted by molar-refractivity contribution is -0.138. The van der Waals surface area contributed by atoms with Crippen molar-refractivity contribution in [2.24, 2.45) is 17.8 Å². The minimum Gasteiger partial charge on any atom is -0.481 e. The molecule has 3 fully saturated rings. The first-order chi connectivity index (χ1) is 8.72. The van der Waals surface area contributed by atoms with E-state index in [0.717, 1.165) is 37.4 Å². The highest BCUT2D eigenvalue weighted by Crippen LogP contribution is 2.45. The van der Waals surface area contributed by atoms with E-state index >= 15 is 0 Å². The normalized spacial score (nSPS) is 37.9. The predicted octanol–water partition coefficient (Wildman–Crippen LogP) is 2.75. The lowest BCUT2D eigenvalue weighted by Gasteiger charge is -2.35. The molecule has 3 aliphatic rings. The fourth-order valence-electron chi connectivity index (χ4n) is 4.14. The van der Waals surface area contributed by atoms with E-state index in [1.165, 1.54) is 38.5 Å². The number of hydrogen-bond donors (Lipinski definition) is 1. The molecule has 3 atom stereocenters. The average Bonchev–Trinajstić information content (AvgIpc) is 3.10. The molecule has 102 valence electrons. The molecule has 0 aromatic rings. The van der Waals surface area contributed by atoms with Gasteiger partial charge in [0.05, 0.1) is 0 Å². The van der Waals surface area contributed by atoms with Gasteiger partial charge in [-0.2, -0.15) is 0 Å². The molecule has 3 unspecified atom stereocenters. The van der Waals surface area contributed by atoms with E-state index in [1.807, 2.05) is 0 Å². The summed E-state index contributed by atoms with van der Waals surface area (Å²) in [6.45, 7) is 2.17. The van der Waals surface area contributed by atoms with Crippen molar-refractivity contribution in [1.29, 1.82) is 0 Å². The van der Waals surface area contributed by atoms with Gasteiger partial charge in [0.15, 0.2) is 0 Å². The van der Waals surface area contributed by atoms with Crippen molar-refractivity contribution in [3.63, 3.8) is 0 Å². The molecular weight excluding hydrogens is 226 g/mol. The number of hydrogen-bond acceptors (Lipinski definition) is 2. The number of carbonyl (C=O) groups is 1. The first-order valence-corrected chi connectivity index (χ1v) is 7.68. The Morgan fingerprint density at radius 2 is 1.94 bits per heavy atom. The second-order valence-corrected chi connectivity index (χ2v) is 6.67. The Bertz CT molecular complexity index is 314. The van der Waals surface area contributed by atoms with Crippen LogP contribution in [0.2, 0.25) is 0 Å². The van der Waals surface area contributed by atoms with Crippen molar-refractivity contribution in [2.75, 3.05) is 13.1 Å². The topological polar surface area (TPSA) is 40.5 Å². The largest absolute Gasteiger partial charge is 0.481 e. The standard InChI is InChI=1S/C15H25NO2/c17-15(18)8-11-6-7-16(10-11)14-3-1-2-13(9-14)12-4-5-12/h11-14H,1-10H2,(H,17,18). The molecule has 3 heteroatoms. The Labute approximate surface area is 110 Å². The van der Waals surface area contributed by atoms with Crippen molar-refractivity contribution in [2.45, 2.75) is 57.4 Å². The Morgan fingerprint density at radius 3 is 2.67 bits per heavy atom. The Balaban J connectivity index is 1.50. The van der Waals surface area contributed by atoms with Gasteiger partial charge in [-0.1, -0.05) is 12.8 Å². The number of carboxylic acid groups (broad SMARTS) is 1. The van der Waals surface area contributed by atoms with Crippen LogP contribution in [0.15, 0.2) is 0 Å². The fraction of sp³-hybridized carbons (Fsp3) is 0.933. The van der Waals surface area contributed by atoms with E-state index in [9.17, 15) is 4.79 Å². The summed E-state index contributed by atoms with van der Waals surface area (Å²) < 4.78 is 0. The van der Waals surface area contributed by atoms with Gasteiger partial charge in [0.2, 0.25) is 0 Å². The lowest BCUT2D eigenvalue weighted by Crippen LogP contribution is -2.37. The maximum Gasteiger partial charge on any atom is 0.303 e. The predicted molar refractivity (Wildman–Crippen MR) is 70.4 cm³/mol. The van der Waals surface area contributed by atoms with Crippen LogP contribution in [-0.4, -0.2) is 35.1 Å². The summed E-state index contributed by atoms with van der Waals surface area (Å²) in [7, 11) is 0. The Kier molecular flexibility index (Phi) is 3.60. The summed E-state index contributed by atoms with van der Waals surface area (Å²) >= 11 is 0. The second-order valence-electron chi connectivity index (χ2n) is 6.67. The molecule has 0 spiro atoms. The van der Waals surface area contributed by atoms with Crippen LogP contribution >= 0.6 is 0 Å². The van der Waals surface area contributed by atoms with E-state index < -0.39 is 5.97 Å². The third-order valence-electron chi connectivity index (χ3n) is 5.27. The molecule has 3 rings (SSSR count). The monoisotopic (exact) mass is 251 g/mol. The average molecular weight is 251 g/mol. The zero-order chi connectivity index (χ0) is 12.5. The molecule has 0 bridgehead atoms. The number of rotatable bonds is 4. The van der Waals surface area contributed by atoms with Crippen LogP contribution < -0.4 is 0 Å². The van der Waals surface area contributed by atoms with Crippen molar-refractivity contribution < 1.29 is 9.90 Å². The quantitative estimate of drug-likeness (QED) is 0.835. The van der Waals surface area contributed by atoms with E-state index in [4.69, 9.17) is 5.11 Å². The summed E-state index contributed by atoms with van der Waals surface area (Å²) in [6.07, 6.45) is 10.00. The summed E-state index contributed by atoms with van der Waals surface area (Å²) in [5, 5.41) is 8.88. The first-order valence-electron chi connectivity index (χ1n) is 7.68. The SMILES string of the molecule is O=C(O)CC1CCN(C2CCCC(C3CC3)C2)C1. The smallest absolute Gasteiger partial charge is 0.303 e. The van der Waals surface area contributed by atoms with E-state index in [-0.39, 0.29) is 0 Å². The molecule has 1 heterocycles. The number of likely N-dealkylation sites (tertiary alicyclic amines) is 1. The van der Waals surface area contributed by atoms with Crippen molar-refractivity contribution in [3.8, 4) is 0 Å². The summed E-state index contributed by atoms with van der Waals surface area (Å²) in [4.78, 5) is 13.4. The zero-order valence-corrected chi connectivity index (χ0v) is 11.2. The van der Waals surface area contributed by atoms with Gasteiger partial charge in [-0.05, 0) is 56.4 Å². The van der Waals surface area contributed by atoms with Crippen molar-refractivity contribution >= 4 is 5.97 Å². The molecule has 0 radical (unpaired) electrons. The highest BCUT2D eigenvalue weighted by atomic mass is 16.4. The third kappa shape index (κ3) is 2.87.